The number of phenols is 4. The molecule has 4 atom stereocenters. The van der Waals surface area contributed by atoms with E-state index in [0.29, 0.717) is 23.0 Å². The van der Waals surface area contributed by atoms with Gasteiger partial charge in [0.05, 0.1) is 24.2 Å². The van der Waals surface area contributed by atoms with Crippen molar-refractivity contribution in [3.05, 3.63) is 115 Å². The summed E-state index contributed by atoms with van der Waals surface area (Å²) >= 11 is 0. The molecule has 2 aliphatic rings. The molecule has 0 spiro atoms. The van der Waals surface area contributed by atoms with Crippen LogP contribution in [0.15, 0.2) is 68.5 Å². The summed E-state index contributed by atoms with van der Waals surface area (Å²) in [5.74, 6) is 1.27. The zero-order chi connectivity index (χ0) is 60.5. The van der Waals surface area contributed by atoms with E-state index in [1.807, 2.05) is 24.9 Å². The van der Waals surface area contributed by atoms with Crippen molar-refractivity contribution in [3.8, 4) is 23.0 Å². The Morgan fingerprint density at radius 1 is 0.286 bits per heavy atom. The molecule has 12 heteroatoms. The third-order valence-corrected chi connectivity index (χ3v) is 16.3. The molecule has 0 unspecified atom stereocenters. The predicted octanol–water partition coefficient (Wildman–Crippen LogP) is 16.6. The fourth-order valence-corrected chi connectivity index (χ4v) is 10.6. The molecule has 84 heavy (non-hydrogen) atoms. The van der Waals surface area contributed by atoms with E-state index in [-0.39, 0.29) is 122 Å². The number of nitrogens with zero attached hydrogens (tertiary/aromatic N) is 4. The zero-order valence-electron chi connectivity index (χ0n) is 56.5. The molecule has 2 fully saturated rings. The Kier molecular flexibility index (Phi) is 27.3. The van der Waals surface area contributed by atoms with E-state index in [0.717, 1.165) is 95.9 Å². The SMILES string of the molecule is CC(C)(C)c1cc(C=N[C@H]2CCCC[C@@H]2N=Cc2cc(C(C)(C)C)cc(C(C)(C)C)c2O)c(O)c(C(C)(C)C)c1.CC(C)(C)c1cc(C=N[C@H]2CCCC[C@@H]2N=Cc2cc(C(C)(C)C)cc(C(C)(C)C)c2O)c(O)c(C(C)(C)C)c1.O.O.[Ti].[Ti]. The van der Waals surface area contributed by atoms with Gasteiger partial charge in [-0.05, 0) is 116 Å². The summed E-state index contributed by atoms with van der Waals surface area (Å²) in [6, 6.07) is 17.1. The largest absolute Gasteiger partial charge is 0.507 e. The number of benzene rings is 4. The van der Waals surface area contributed by atoms with Gasteiger partial charge in [0.1, 0.15) is 23.0 Å². The van der Waals surface area contributed by atoms with Crippen molar-refractivity contribution in [2.75, 3.05) is 0 Å². The molecule has 0 aliphatic heterocycles. The van der Waals surface area contributed by atoms with E-state index < -0.39 is 0 Å². The van der Waals surface area contributed by atoms with Crippen molar-refractivity contribution < 1.29 is 74.8 Å². The number of aliphatic imine (C=N–C) groups is 4. The topological polar surface area (TPSA) is 193 Å². The van der Waals surface area contributed by atoms with Crippen LogP contribution in [0.2, 0.25) is 0 Å². The molecular weight excluding hydrogens is 1110 g/mol. The van der Waals surface area contributed by atoms with Gasteiger partial charge >= 0.3 is 0 Å². The molecule has 0 saturated heterocycles. The monoisotopic (exact) mass is 1220 g/mol. The van der Waals surface area contributed by atoms with E-state index in [1.165, 1.54) is 22.3 Å². The maximum Gasteiger partial charge on any atom is 0.128 e. The van der Waals surface area contributed by atoms with Crippen LogP contribution in [-0.2, 0) is 86.8 Å². The molecule has 0 bridgehead atoms. The van der Waals surface area contributed by atoms with Crippen molar-refractivity contribution in [1.29, 1.82) is 0 Å². The van der Waals surface area contributed by atoms with Crippen LogP contribution in [0.1, 0.15) is 284 Å². The van der Waals surface area contributed by atoms with Crippen LogP contribution in [0.4, 0.5) is 0 Å². The van der Waals surface area contributed by atoms with Crippen LogP contribution in [0.25, 0.3) is 0 Å². The Balaban J connectivity index is 0.000000802. The number of phenolic OH excluding ortho intramolecular Hbond substituents is 4. The van der Waals surface area contributed by atoms with Crippen LogP contribution in [0.3, 0.4) is 0 Å². The van der Waals surface area contributed by atoms with Crippen molar-refractivity contribution in [3.63, 3.8) is 0 Å². The molecule has 464 valence electrons. The molecule has 0 heterocycles. The van der Waals surface area contributed by atoms with Gasteiger partial charge in [-0.25, -0.2) is 0 Å². The Morgan fingerprint density at radius 3 is 0.571 bits per heavy atom. The number of hydrogen-bond donors (Lipinski definition) is 4. The maximum absolute atomic E-state index is 11.2. The first kappa shape index (κ1) is 78.1. The second-order valence-electron chi connectivity index (χ2n) is 31.8. The van der Waals surface area contributed by atoms with Gasteiger partial charge in [-0.2, -0.15) is 0 Å². The third-order valence-electron chi connectivity index (χ3n) is 16.3. The fourth-order valence-electron chi connectivity index (χ4n) is 10.6. The first-order valence-electron chi connectivity index (χ1n) is 30.0. The second-order valence-corrected chi connectivity index (χ2v) is 31.8. The van der Waals surface area contributed by atoms with Crippen molar-refractivity contribution >= 4 is 24.9 Å². The number of hydrogen-bond acceptors (Lipinski definition) is 8. The van der Waals surface area contributed by atoms with Gasteiger partial charge in [0.25, 0.3) is 0 Å². The minimum atomic E-state index is -0.179. The van der Waals surface area contributed by atoms with Gasteiger partial charge in [-0.3, -0.25) is 20.0 Å². The first-order valence-corrected chi connectivity index (χ1v) is 30.0. The molecule has 4 aromatic rings. The van der Waals surface area contributed by atoms with Gasteiger partial charge in [0, 0.05) is 113 Å². The first-order chi connectivity index (χ1) is 36.4. The summed E-state index contributed by atoms with van der Waals surface area (Å²) in [5, 5.41) is 44.9. The van der Waals surface area contributed by atoms with E-state index in [1.54, 1.807) is 0 Å². The van der Waals surface area contributed by atoms with E-state index in [4.69, 9.17) is 20.0 Å². The summed E-state index contributed by atoms with van der Waals surface area (Å²) < 4.78 is 0. The Bertz CT molecular complexity index is 2540. The minimum Gasteiger partial charge on any atom is -0.507 e. The minimum absolute atomic E-state index is 0. The molecular formula is C72H112N4O6Ti2. The smallest absolute Gasteiger partial charge is 0.128 e. The number of rotatable bonds is 8. The fraction of sp³-hybridized carbons (Fsp3) is 0.611. The summed E-state index contributed by atoms with van der Waals surface area (Å²) in [6.45, 7) is 52.1. The van der Waals surface area contributed by atoms with Crippen LogP contribution >= 0.6 is 0 Å². The predicted molar refractivity (Wildman–Crippen MR) is 352 cm³/mol. The van der Waals surface area contributed by atoms with Gasteiger partial charge < -0.3 is 31.4 Å². The maximum atomic E-state index is 11.2. The van der Waals surface area contributed by atoms with Crippen molar-refractivity contribution in [2.45, 2.75) is 285 Å². The van der Waals surface area contributed by atoms with Crippen LogP contribution in [0, 0.1) is 0 Å². The molecule has 6 rings (SSSR count). The Labute approximate surface area is 539 Å². The van der Waals surface area contributed by atoms with Crippen LogP contribution in [-0.4, -0.2) is 80.4 Å². The average molecular weight is 1230 g/mol. The van der Waals surface area contributed by atoms with Crippen LogP contribution < -0.4 is 0 Å². The average Bonchev–Trinajstić information content (AvgIpc) is 3.30. The summed E-state index contributed by atoms with van der Waals surface area (Å²) in [5.41, 5.74) is 10.8. The summed E-state index contributed by atoms with van der Waals surface area (Å²) in [7, 11) is 0. The Morgan fingerprint density at radius 2 is 0.440 bits per heavy atom. The van der Waals surface area contributed by atoms with E-state index in [2.05, 4.69) is 215 Å². The summed E-state index contributed by atoms with van der Waals surface area (Å²) in [4.78, 5) is 20.1. The van der Waals surface area contributed by atoms with Gasteiger partial charge in [0.2, 0.25) is 0 Å². The van der Waals surface area contributed by atoms with E-state index in [9.17, 15) is 20.4 Å². The molecule has 2 aliphatic carbocycles. The van der Waals surface area contributed by atoms with Gasteiger partial charge in [-0.1, -0.05) is 216 Å². The van der Waals surface area contributed by atoms with Gasteiger partial charge in [-0.15, -0.1) is 0 Å². The van der Waals surface area contributed by atoms with Crippen LogP contribution in [0.5, 0.6) is 23.0 Å². The number of aromatic hydroxyl groups is 4. The zero-order valence-corrected chi connectivity index (χ0v) is 59.6. The third kappa shape index (κ3) is 20.6. The normalized spacial score (nSPS) is 18.7. The van der Waals surface area contributed by atoms with Crippen molar-refractivity contribution in [2.24, 2.45) is 20.0 Å². The molecule has 2 saturated carbocycles. The standard InChI is InChI=1S/2C36H54N2O2.2H2O.2Ti/c2*1-33(2,3)25-17-23(31(39)27(19-25)35(7,8)9)21-37-29-15-13-14-16-30(29)38-22-24-18-26(34(4,5)6)20-28(32(24)40)36(10,11)12;;;;/h2*17-22,29-30,39-40H,13-16H2,1-12H3;2*1H2;;/t2*29-,30-;;;;/m00..../s1. The Hall–Kier alpha value is -3.89. The molecule has 0 aromatic heterocycles. The molecule has 0 radical (unpaired) electrons. The van der Waals surface area contributed by atoms with Gasteiger partial charge in [0.15, 0.2) is 0 Å². The second kappa shape index (κ2) is 29.4. The van der Waals surface area contributed by atoms with Crippen molar-refractivity contribution in [1.82, 2.24) is 0 Å². The molecule has 10 nitrogen and oxygen atoms in total. The summed E-state index contributed by atoms with van der Waals surface area (Å²) in [6.07, 6.45) is 15.8. The van der Waals surface area contributed by atoms with E-state index >= 15 is 0 Å². The molecule has 0 amide bonds. The quantitative estimate of drug-likeness (QED) is 0.101. The molecule has 8 N–H and O–H groups in total. The molecule has 4 aromatic carbocycles.